The van der Waals surface area contributed by atoms with Crippen LogP contribution in [0, 0.1) is 0 Å². The van der Waals surface area contributed by atoms with Crippen LogP contribution < -0.4 is 5.32 Å². The van der Waals surface area contributed by atoms with E-state index < -0.39 is 0 Å². The molecule has 132 valence electrons. The summed E-state index contributed by atoms with van der Waals surface area (Å²) in [6.07, 6.45) is 4.71. The molecular weight excluding hydrogens is 358 g/mol. The van der Waals surface area contributed by atoms with Gasteiger partial charge in [0.15, 0.2) is 11.5 Å². The minimum Gasteiger partial charge on any atom is -0.378 e. The summed E-state index contributed by atoms with van der Waals surface area (Å²) in [7, 11) is 1.61. The van der Waals surface area contributed by atoms with Crippen LogP contribution in [0.3, 0.4) is 0 Å². The van der Waals surface area contributed by atoms with E-state index in [2.05, 4.69) is 20.5 Å². The molecule has 0 aliphatic rings. The smallest absolute Gasteiger partial charge is 0.271 e. The summed E-state index contributed by atoms with van der Waals surface area (Å²) in [6, 6.07) is 5.49. The van der Waals surface area contributed by atoms with Crippen molar-refractivity contribution in [3.63, 3.8) is 0 Å². The summed E-state index contributed by atoms with van der Waals surface area (Å²) in [6.45, 7) is 0.405. The highest BCUT2D eigenvalue weighted by molar-refractivity contribution is 7.98. The number of methoxy groups -OCH3 is 1. The van der Waals surface area contributed by atoms with Gasteiger partial charge in [-0.2, -0.15) is 11.8 Å². The molecule has 0 aliphatic carbocycles. The molecule has 0 bridgehead atoms. The predicted octanol–water partition coefficient (Wildman–Crippen LogP) is 2.56. The molecule has 3 rings (SSSR count). The Balaban J connectivity index is 1.81. The number of carbonyl (C=O) groups excluding carboxylic acids is 1. The maximum absolute atomic E-state index is 12.6. The maximum atomic E-state index is 12.6. The average molecular weight is 377 g/mol. The van der Waals surface area contributed by atoms with E-state index in [1.807, 2.05) is 35.1 Å². The number of fused-ring (bicyclic) bond motifs is 1. The molecule has 9 heteroatoms. The van der Waals surface area contributed by atoms with Crippen LogP contribution in [-0.2, 0) is 11.3 Å². The van der Waals surface area contributed by atoms with Gasteiger partial charge in [0, 0.05) is 18.7 Å². The lowest BCUT2D eigenvalue weighted by molar-refractivity contribution is 0.0928. The second kappa shape index (κ2) is 8.41. The summed E-state index contributed by atoms with van der Waals surface area (Å²) < 4.78 is 6.96. The minimum absolute atomic E-state index is 0.211. The summed E-state index contributed by atoms with van der Waals surface area (Å²) in [5.74, 6) is 1.42. The fourth-order valence-electron chi connectivity index (χ4n) is 2.44. The van der Waals surface area contributed by atoms with Gasteiger partial charge < -0.3 is 10.1 Å². The quantitative estimate of drug-likeness (QED) is 0.650. The van der Waals surface area contributed by atoms with Crippen molar-refractivity contribution in [3.05, 3.63) is 46.3 Å². The van der Waals surface area contributed by atoms with E-state index in [1.54, 1.807) is 24.3 Å². The van der Waals surface area contributed by atoms with E-state index >= 15 is 0 Å². The Morgan fingerprint density at radius 3 is 3.12 bits per heavy atom. The Morgan fingerprint density at radius 1 is 1.44 bits per heavy atom. The highest BCUT2D eigenvalue weighted by Crippen LogP contribution is 2.19. The van der Waals surface area contributed by atoms with Gasteiger partial charge in [-0.25, -0.2) is 4.98 Å². The van der Waals surface area contributed by atoms with Gasteiger partial charge in [0.2, 0.25) is 0 Å². The summed E-state index contributed by atoms with van der Waals surface area (Å²) in [4.78, 5) is 16.9. The first-order valence-corrected chi connectivity index (χ1v) is 10.0. The fraction of sp³-hybridized carbons (Fsp3) is 0.375. The number of aromatic nitrogens is 4. The molecule has 1 atom stereocenters. The number of amides is 1. The first-order chi connectivity index (χ1) is 12.2. The number of hydrogen-bond donors (Lipinski definition) is 1. The molecule has 0 saturated heterocycles. The van der Waals surface area contributed by atoms with Gasteiger partial charge >= 0.3 is 0 Å². The van der Waals surface area contributed by atoms with Crippen molar-refractivity contribution in [2.24, 2.45) is 0 Å². The largest absolute Gasteiger partial charge is 0.378 e. The van der Waals surface area contributed by atoms with E-state index in [4.69, 9.17) is 4.74 Å². The normalized spacial score (nSPS) is 12.4. The second-order valence-electron chi connectivity index (χ2n) is 5.35. The van der Waals surface area contributed by atoms with Gasteiger partial charge in [-0.3, -0.25) is 9.20 Å². The SMILES string of the molecule is COCc1nc(C(=O)NC(CCSC)c2nnc3ccccn23)cs1. The Hall–Kier alpha value is -1.97. The van der Waals surface area contributed by atoms with Gasteiger partial charge in [-0.05, 0) is 30.6 Å². The molecule has 3 aromatic heterocycles. The minimum atomic E-state index is -0.232. The van der Waals surface area contributed by atoms with Crippen LogP contribution in [-0.4, -0.2) is 44.6 Å². The highest BCUT2D eigenvalue weighted by atomic mass is 32.2. The van der Waals surface area contributed by atoms with Crippen molar-refractivity contribution in [3.8, 4) is 0 Å². The fourth-order valence-corrected chi connectivity index (χ4v) is 3.65. The summed E-state index contributed by atoms with van der Waals surface area (Å²) in [5.41, 5.74) is 1.16. The van der Waals surface area contributed by atoms with E-state index in [9.17, 15) is 4.79 Å². The molecule has 0 spiro atoms. The van der Waals surface area contributed by atoms with Crippen molar-refractivity contribution in [2.75, 3.05) is 19.1 Å². The maximum Gasteiger partial charge on any atom is 0.271 e. The van der Waals surface area contributed by atoms with Crippen LogP contribution in [0.1, 0.15) is 33.8 Å². The number of nitrogens with zero attached hydrogens (tertiary/aromatic N) is 4. The molecule has 1 amide bonds. The first kappa shape index (κ1) is 17.8. The number of thiazole rings is 1. The number of thioether (sulfide) groups is 1. The standard InChI is InChI=1S/C16H19N5O2S2/c1-23-9-14-17-12(10-25-14)16(22)18-11(6-8-24-2)15-20-19-13-5-3-4-7-21(13)15/h3-5,7,10-11H,6,8-9H2,1-2H3,(H,18,22). The molecule has 1 unspecified atom stereocenters. The number of carbonyl (C=O) groups is 1. The lowest BCUT2D eigenvalue weighted by Gasteiger charge is -2.16. The highest BCUT2D eigenvalue weighted by Gasteiger charge is 2.22. The van der Waals surface area contributed by atoms with E-state index in [0.717, 1.165) is 28.7 Å². The molecule has 0 radical (unpaired) electrons. The van der Waals surface area contributed by atoms with E-state index in [-0.39, 0.29) is 11.9 Å². The lowest BCUT2D eigenvalue weighted by atomic mass is 10.2. The monoisotopic (exact) mass is 377 g/mol. The predicted molar refractivity (Wildman–Crippen MR) is 99.0 cm³/mol. The molecular formula is C16H19N5O2S2. The van der Waals surface area contributed by atoms with Crippen LogP contribution in [0.4, 0.5) is 0 Å². The van der Waals surface area contributed by atoms with E-state index in [0.29, 0.717) is 12.3 Å². The second-order valence-corrected chi connectivity index (χ2v) is 7.28. The molecule has 0 aliphatic heterocycles. The molecule has 3 heterocycles. The zero-order valence-corrected chi connectivity index (χ0v) is 15.6. The third kappa shape index (κ3) is 4.17. The van der Waals surface area contributed by atoms with Crippen LogP contribution in [0.2, 0.25) is 0 Å². The Labute approximate surface area is 153 Å². The van der Waals surface area contributed by atoms with Crippen molar-refractivity contribution in [1.29, 1.82) is 0 Å². The van der Waals surface area contributed by atoms with Crippen molar-refractivity contribution >= 4 is 34.7 Å². The van der Waals surface area contributed by atoms with Crippen molar-refractivity contribution in [2.45, 2.75) is 19.1 Å². The third-order valence-corrected chi connectivity index (χ3v) is 5.09. The number of pyridine rings is 1. The molecule has 1 N–H and O–H groups in total. The Morgan fingerprint density at radius 2 is 2.32 bits per heavy atom. The first-order valence-electron chi connectivity index (χ1n) is 7.75. The van der Waals surface area contributed by atoms with Gasteiger partial charge in [0.1, 0.15) is 10.7 Å². The Kier molecular flexibility index (Phi) is 6.00. The zero-order chi connectivity index (χ0) is 17.6. The summed E-state index contributed by atoms with van der Waals surface area (Å²) in [5, 5.41) is 14.0. The molecule has 25 heavy (non-hydrogen) atoms. The molecule has 0 aromatic carbocycles. The van der Waals surface area contributed by atoms with Crippen LogP contribution in [0.25, 0.3) is 5.65 Å². The Bertz CT molecular complexity index is 848. The van der Waals surface area contributed by atoms with Crippen LogP contribution >= 0.6 is 23.1 Å². The molecule has 0 fully saturated rings. The lowest BCUT2D eigenvalue weighted by Crippen LogP contribution is -2.30. The number of nitrogens with one attached hydrogen (secondary N) is 1. The van der Waals surface area contributed by atoms with Crippen molar-refractivity contribution in [1.82, 2.24) is 24.9 Å². The number of ether oxygens (including phenoxy) is 1. The topological polar surface area (TPSA) is 81.4 Å². The van der Waals surface area contributed by atoms with Crippen LogP contribution in [0.5, 0.6) is 0 Å². The van der Waals surface area contributed by atoms with Gasteiger partial charge in [-0.15, -0.1) is 21.5 Å². The number of rotatable bonds is 8. The molecule has 0 saturated carbocycles. The van der Waals surface area contributed by atoms with Gasteiger partial charge in [0.25, 0.3) is 5.91 Å². The summed E-state index contributed by atoms with van der Waals surface area (Å²) >= 11 is 3.14. The number of hydrogen-bond acceptors (Lipinski definition) is 7. The van der Waals surface area contributed by atoms with E-state index in [1.165, 1.54) is 11.3 Å². The van der Waals surface area contributed by atoms with Gasteiger partial charge in [-0.1, -0.05) is 6.07 Å². The zero-order valence-electron chi connectivity index (χ0n) is 14.0. The third-order valence-electron chi connectivity index (χ3n) is 3.62. The van der Waals surface area contributed by atoms with Crippen molar-refractivity contribution < 1.29 is 9.53 Å². The van der Waals surface area contributed by atoms with Gasteiger partial charge in [0.05, 0.1) is 12.6 Å². The molecule has 7 nitrogen and oxygen atoms in total. The average Bonchev–Trinajstić information content (AvgIpc) is 3.26. The van der Waals surface area contributed by atoms with Crippen LogP contribution in [0.15, 0.2) is 29.8 Å². The molecule has 3 aromatic rings.